The molecule has 1 aliphatic carbocycles. The van der Waals surface area contributed by atoms with Gasteiger partial charge >= 0.3 is 6.03 Å². The molecule has 6 rings (SSSR count). The summed E-state index contributed by atoms with van der Waals surface area (Å²) >= 11 is 0. The van der Waals surface area contributed by atoms with Crippen LogP contribution < -0.4 is 25.6 Å². The van der Waals surface area contributed by atoms with E-state index in [1.54, 1.807) is 6.08 Å². The van der Waals surface area contributed by atoms with Crippen LogP contribution in [0.25, 0.3) is 5.65 Å². The van der Waals surface area contributed by atoms with Gasteiger partial charge in [0.2, 0.25) is 5.95 Å². The van der Waals surface area contributed by atoms with Crippen molar-refractivity contribution in [3.8, 4) is 5.75 Å². The van der Waals surface area contributed by atoms with Crippen molar-refractivity contribution >= 4 is 29.0 Å². The lowest BCUT2D eigenvalue weighted by Gasteiger charge is -2.32. The van der Waals surface area contributed by atoms with E-state index in [1.807, 2.05) is 86.8 Å². The molecular weight excluding hydrogens is 576 g/mol. The third-order valence-electron chi connectivity index (χ3n) is 8.69. The van der Waals surface area contributed by atoms with Gasteiger partial charge in [-0.2, -0.15) is 0 Å². The molecular formula is C36H44N8O2. The molecule has 4 aromatic rings. The minimum Gasteiger partial charge on any atom is -0.484 e. The topological polar surface area (TPSA) is 120 Å². The van der Waals surface area contributed by atoms with Crippen molar-refractivity contribution in [1.82, 2.24) is 25.2 Å². The van der Waals surface area contributed by atoms with Crippen LogP contribution in [0, 0.1) is 17.7 Å². The summed E-state index contributed by atoms with van der Waals surface area (Å²) in [6, 6.07) is 19.4. The molecule has 4 N–H and O–H groups in total. The van der Waals surface area contributed by atoms with Crippen LogP contribution in [0.2, 0.25) is 0 Å². The zero-order valence-corrected chi connectivity index (χ0v) is 27.1. The number of urea groups is 1. The number of aromatic nitrogens is 3. The minimum absolute atomic E-state index is 0.157. The summed E-state index contributed by atoms with van der Waals surface area (Å²) in [6.07, 6.45) is 8.55. The first-order chi connectivity index (χ1) is 22.1. The molecule has 0 unspecified atom stereocenters. The number of benzene rings is 2. The number of amides is 2. The Balaban J connectivity index is 1.17. The van der Waals surface area contributed by atoms with E-state index in [9.17, 15) is 4.79 Å². The molecule has 2 aliphatic rings. The Labute approximate surface area is 270 Å². The van der Waals surface area contributed by atoms with Crippen molar-refractivity contribution in [2.45, 2.75) is 71.9 Å². The minimum atomic E-state index is -0.371. The molecule has 1 saturated heterocycles. The number of nitrogens with one attached hydrogen (secondary N) is 4. The highest BCUT2D eigenvalue weighted by atomic mass is 16.5. The van der Waals surface area contributed by atoms with E-state index in [2.05, 4.69) is 43.2 Å². The van der Waals surface area contributed by atoms with Gasteiger partial charge in [-0.15, -0.1) is 10.2 Å². The summed E-state index contributed by atoms with van der Waals surface area (Å²) in [4.78, 5) is 15.7. The number of carbonyl (C=O) groups is 1. The second kappa shape index (κ2) is 13.2. The third kappa shape index (κ3) is 7.17. The van der Waals surface area contributed by atoms with Crippen LogP contribution in [-0.4, -0.2) is 39.4 Å². The van der Waals surface area contributed by atoms with Crippen LogP contribution in [0.5, 0.6) is 5.75 Å². The van der Waals surface area contributed by atoms with Crippen molar-refractivity contribution in [2.24, 2.45) is 5.41 Å². The van der Waals surface area contributed by atoms with Gasteiger partial charge in [0.1, 0.15) is 17.7 Å². The molecule has 2 aromatic carbocycles. The quantitative estimate of drug-likeness (QED) is 0.154. The Morgan fingerprint density at radius 3 is 2.43 bits per heavy atom. The predicted octanol–water partition coefficient (Wildman–Crippen LogP) is 7.30. The molecule has 0 saturated carbocycles. The van der Waals surface area contributed by atoms with E-state index in [-0.39, 0.29) is 23.6 Å². The van der Waals surface area contributed by atoms with Gasteiger partial charge in [-0.3, -0.25) is 9.72 Å². The Kier molecular flexibility index (Phi) is 8.96. The van der Waals surface area contributed by atoms with Crippen LogP contribution in [0.3, 0.4) is 0 Å². The van der Waals surface area contributed by atoms with Crippen molar-refractivity contribution in [3.05, 3.63) is 95.4 Å². The highest BCUT2D eigenvalue weighted by Gasteiger charge is 2.30. The number of rotatable bonds is 8. The smallest absolute Gasteiger partial charge is 0.320 e. The third-order valence-corrected chi connectivity index (χ3v) is 8.69. The molecule has 10 nitrogen and oxygen atoms in total. The van der Waals surface area contributed by atoms with Gasteiger partial charge in [0.05, 0.1) is 12.2 Å². The van der Waals surface area contributed by atoms with E-state index in [0.717, 1.165) is 59.2 Å². The largest absolute Gasteiger partial charge is 0.484 e. The number of piperidine rings is 1. The number of allylic oxidation sites excluding steroid dienone is 1. The average molecular weight is 621 g/mol. The maximum atomic E-state index is 13.4. The maximum Gasteiger partial charge on any atom is 0.320 e. The summed E-state index contributed by atoms with van der Waals surface area (Å²) in [5.41, 5.74) is 4.89. The standard InChI is InChI=1S/C36H44N8O2/c1-24-12-14-25(15-13-24)38-32(22-31(37)36(2,3)4)40-34(45)39-29-17-18-30(28-11-7-6-10-27(28)29)46-26-16-19-33-41-42-35(44(33)23-26)43-20-8-5-9-21-43/h6-7,10-16,19,22-23,29-30,37-38H,5,8-9,17-18,20-21H2,1-4H3,(H2,39,40,45)/b32-22+,37-31?/t29-,30-/m0/s1. The number of fused-ring (bicyclic) bond motifs is 2. The fraction of sp³-hybridized carbons (Fsp3) is 0.389. The molecule has 0 radical (unpaired) electrons. The first-order valence-electron chi connectivity index (χ1n) is 16.2. The maximum absolute atomic E-state index is 13.4. The lowest BCUT2D eigenvalue weighted by atomic mass is 9.85. The average Bonchev–Trinajstić information content (AvgIpc) is 3.46. The molecule has 1 fully saturated rings. The van der Waals surface area contributed by atoms with Crippen molar-refractivity contribution in [2.75, 3.05) is 23.3 Å². The molecule has 240 valence electrons. The van der Waals surface area contributed by atoms with Gasteiger partial charge in [0.25, 0.3) is 0 Å². The highest BCUT2D eigenvalue weighted by molar-refractivity contribution is 5.97. The second-order valence-electron chi connectivity index (χ2n) is 13.3. The SMILES string of the molecule is Cc1ccc(N/C(=C\C(=N)C(C)(C)C)NC(=O)N[C@H]2CC[C@H](Oc3ccc4nnc(N5CCCCC5)n4c3)c3ccccc32)cc1. The number of carbonyl (C=O) groups excluding carboxylic acids is 1. The molecule has 10 heteroatoms. The number of pyridine rings is 1. The van der Waals surface area contributed by atoms with Gasteiger partial charge < -0.3 is 25.7 Å². The van der Waals surface area contributed by atoms with E-state index >= 15 is 0 Å². The number of aryl methyl sites for hydroxylation is 1. The summed E-state index contributed by atoms with van der Waals surface area (Å²) < 4.78 is 8.63. The first-order valence-corrected chi connectivity index (χ1v) is 16.2. The number of nitrogens with zero attached hydrogens (tertiary/aromatic N) is 4. The zero-order valence-electron chi connectivity index (χ0n) is 27.1. The normalized spacial score (nSPS) is 18.5. The van der Waals surface area contributed by atoms with Crippen LogP contribution in [0.15, 0.2) is 78.8 Å². The lowest BCUT2D eigenvalue weighted by Crippen LogP contribution is -2.41. The monoisotopic (exact) mass is 620 g/mol. The van der Waals surface area contributed by atoms with Crippen molar-refractivity contribution in [3.63, 3.8) is 0 Å². The molecule has 46 heavy (non-hydrogen) atoms. The number of ether oxygens (including phenoxy) is 1. The number of hydrogen-bond acceptors (Lipinski definition) is 7. The van der Waals surface area contributed by atoms with Crippen molar-refractivity contribution < 1.29 is 9.53 Å². The van der Waals surface area contributed by atoms with E-state index < -0.39 is 0 Å². The Morgan fingerprint density at radius 1 is 0.957 bits per heavy atom. The fourth-order valence-corrected chi connectivity index (χ4v) is 6.00. The molecule has 2 atom stereocenters. The fourth-order valence-electron chi connectivity index (χ4n) is 6.00. The van der Waals surface area contributed by atoms with Crippen LogP contribution >= 0.6 is 0 Å². The van der Waals surface area contributed by atoms with Gasteiger partial charge in [-0.25, -0.2) is 4.79 Å². The van der Waals surface area contributed by atoms with Crippen LogP contribution in [-0.2, 0) is 0 Å². The molecule has 2 aromatic heterocycles. The van der Waals surface area contributed by atoms with Gasteiger partial charge in [-0.05, 0) is 74.4 Å². The van der Waals surface area contributed by atoms with Crippen molar-refractivity contribution in [1.29, 1.82) is 5.41 Å². The summed E-state index contributed by atoms with van der Waals surface area (Å²) in [5.74, 6) is 2.06. The van der Waals surface area contributed by atoms with Gasteiger partial charge in [0.15, 0.2) is 5.65 Å². The van der Waals surface area contributed by atoms with Gasteiger partial charge in [0, 0.05) is 36.0 Å². The Bertz CT molecular complexity index is 1730. The molecule has 2 amide bonds. The summed E-state index contributed by atoms with van der Waals surface area (Å²) in [7, 11) is 0. The Morgan fingerprint density at radius 2 is 1.70 bits per heavy atom. The second-order valence-corrected chi connectivity index (χ2v) is 13.3. The lowest BCUT2D eigenvalue weighted by molar-refractivity contribution is 0.171. The number of anilines is 2. The Hall–Kier alpha value is -4.86. The predicted molar refractivity (Wildman–Crippen MR) is 183 cm³/mol. The number of hydrogen-bond donors (Lipinski definition) is 4. The molecule has 0 spiro atoms. The highest BCUT2D eigenvalue weighted by Crippen LogP contribution is 2.39. The first kappa shape index (κ1) is 31.1. The van der Waals surface area contributed by atoms with E-state index in [0.29, 0.717) is 18.0 Å². The van der Waals surface area contributed by atoms with E-state index in [4.69, 9.17) is 10.1 Å². The molecule has 3 heterocycles. The summed E-state index contributed by atoms with van der Waals surface area (Å²) in [6.45, 7) is 9.94. The van der Waals surface area contributed by atoms with E-state index in [1.165, 1.54) is 19.3 Å². The van der Waals surface area contributed by atoms with Gasteiger partial charge in [-0.1, -0.05) is 62.7 Å². The zero-order chi connectivity index (χ0) is 32.3. The summed E-state index contributed by atoms with van der Waals surface area (Å²) in [5, 5.41) is 26.8. The van der Waals surface area contributed by atoms with Crippen LogP contribution in [0.4, 0.5) is 16.4 Å². The van der Waals surface area contributed by atoms with Crippen LogP contribution in [0.1, 0.15) is 81.7 Å². The molecule has 1 aliphatic heterocycles. The molecule has 0 bridgehead atoms.